The van der Waals surface area contributed by atoms with Crippen molar-refractivity contribution in [3.8, 4) is 11.1 Å². The third kappa shape index (κ3) is 3.75. The van der Waals surface area contributed by atoms with Gasteiger partial charge in [-0.25, -0.2) is 4.98 Å². The molecule has 1 aliphatic heterocycles. The van der Waals surface area contributed by atoms with Crippen LogP contribution in [0.3, 0.4) is 0 Å². The fourth-order valence-corrected chi connectivity index (χ4v) is 3.70. The van der Waals surface area contributed by atoms with E-state index in [9.17, 15) is 4.79 Å². The number of imidazole rings is 1. The van der Waals surface area contributed by atoms with Gasteiger partial charge in [-0.1, -0.05) is 30.3 Å². The molecule has 27 heavy (non-hydrogen) atoms. The van der Waals surface area contributed by atoms with Crippen molar-refractivity contribution in [1.29, 1.82) is 0 Å². The number of amides is 1. The van der Waals surface area contributed by atoms with E-state index in [-0.39, 0.29) is 5.91 Å². The van der Waals surface area contributed by atoms with Gasteiger partial charge < -0.3 is 15.2 Å². The number of aromatic nitrogens is 3. The Labute approximate surface area is 158 Å². The van der Waals surface area contributed by atoms with E-state index in [0.29, 0.717) is 23.9 Å². The summed E-state index contributed by atoms with van der Waals surface area (Å²) < 4.78 is 2.06. The van der Waals surface area contributed by atoms with Gasteiger partial charge in [0, 0.05) is 62.4 Å². The summed E-state index contributed by atoms with van der Waals surface area (Å²) in [6.45, 7) is 2.42. The molecular formula is C21H23N5O. The number of hydrogen-bond acceptors (Lipinski definition) is 4. The zero-order chi connectivity index (χ0) is 18.6. The van der Waals surface area contributed by atoms with E-state index >= 15 is 0 Å². The molecule has 1 fully saturated rings. The Bertz CT molecular complexity index is 921. The van der Waals surface area contributed by atoms with Crippen LogP contribution in [0.15, 0.2) is 61.3 Å². The van der Waals surface area contributed by atoms with Crippen molar-refractivity contribution in [3.63, 3.8) is 0 Å². The molecule has 0 spiro atoms. The van der Waals surface area contributed by atoms with Crippen LogP contribution in [0.2, 0.25) is 0 Å². The third-order valence-electron chi connectivity index (χ3n) is 5.21. The average molecular weight is 361 g/mol. The van der Waals surface area contributed by atoms with Gasteiger partial charge in [0.15, 0.2) is 0 Å². The molecule has 1 amide bonds. The van der Waals surface area contributed by atoms with Crippen molar-refractivity contribution >= 4 is 5.91 Å². The van der Waals surface area contributed by atoms with Crippen LogP contribution < -0.4 is 10.6 Å². The predicted molar refractivity (Wildman–Crippen MR) is 104 cm³/mol. The Morgan fingerprint density at radius 3 is 2.78 bits per heavy atom. The highest BCUT2D eigenvalue weighted by atomic mass is 16.1. The first kappa shape index (κ1) is 17.4. The van der Waals surface area contributed by atoms with E-state index in [1.165, 1.54) is 5.69 Å². The van der Waals surface area contributed by atoms with Gasteiger partial charge in [-0.15, -0.1) is 0 Å². The summed E-state index contributed by atoms with van der Waals surface area (Å²) in [6.07, 6.45) is 7.14. The second-order valence-corrected chi connectivity index (χ2v) is 6.99. The lowest BCUT2D eigenvalue weighted by Gasteiger charge is -2.19. The molecule has 2 N–H and O–H groups in total. The molecule has 4 rings (SSSR count). The van der Waals surface area contributed by atoms with Crippen molar-refractivity contribution in [2.45, 2.75) is 5.92 Å². The minimum absolute atomic E-state index is 0.0871. The minimum Gasteiger partial charge on any atom is -0.352 e. The van der Waals surface area contributed by atoms with Crippen LogP contribution in [0.4, 0.5) is 0 Å². The number of nitrogens with zero attached hydrogens (tertiary/aromatic N) is 3. The van der Waals surface area contributed by atoms with Gasteiger partial charge in [0.25, 0.3) is 5.91 Å². The highest BCUT2D eigenvalue weighted by molar-refractivity contribution is 5.95. The van der Waals surface area contributed by atoms with Crippen LogP contribution in [0.1, 0.15) is 22.0 Å². The maximum Gasteiger partial charge on any atom is 0.252 e. The molecule has 1 aromatic carbocycles. The molecule has 2 aromatic heterocycles. The third-order valence-corrected chi connectivity index (χ3v) is 5.21. The number of nitrogens with one attached hydrogen (secondary N) is 2. The molecule has 0 unspecified atom stereocenters. The number of carbonyl (C=O) groups excluding carboxylic acids is 1. The van der Waals surface area contributed by atoms with Gasteiger partial charge in [0.05, 0.1) is 11.9 Å². The van der Waals surface area contributed by atoms with E-state index in [4.69, 9.17) is 0 Å². The largest absolute Gasteiger partial charge is 0.352 e. The summed E-state index contributed by atoms with van der Waals surface area (Å²) in [4.78, 5) is 21.1. The van der Waals surface area contributed by atoms with Gasteiger partial charge in [-0.3, -0.25) is 9.78 Å². The van der Waals surface area contributed by atoms with E-state index in [1.54, 1.807) is 12.4 Å². The predicted octanol–water partition coefficient (Wildman–Crippen LogP) is 2.22. The van der Waals surface area contributed by atoms with E-state index < -0.39 is 0 Å². The zero-order valence-corrected chi connectivity index (χ0v) is 15.3. The first-order valence-electron chi connectivity index (χ1n) is 9.18. The number of carbonyl (C=O) groups is 1. The molecule has 0 radical (unpaired) electrons. The first-order chi connectivity index (χ1) is 13.2. The summed E-state index contributed by atoms with van der Waals surface area (Å²) in [6, 6.07) is 11.9. The Morgan fingerprint density at radius 1 is 1.15 bits per heavy atom. The highest BCUT2D eigenvalue weighted by Gasteiger charge is 2.30. The maximum atomic E-state index is 12.7. The fraction of sp³-hybridized carbons (Fsp3) is 0.286. The molecule has 6 nitrogen and oxygen atoms in total. The SMILES string of the molecule is Cn1cncc1[C@@H]1CNC[C@H]1CNC(=O)c1cncc(-c2ccccc2)c1. The lowest BCUT2D eigenvalue weighted by molar-refractivity contribution is 0.0946. The van der Waals surface area contributed by atoms with Crippen molar-refractivity contribution in [1.82, 2.24) is 25.2 Å². The zero-order valence-electron chi connectivity index (χ0n) is 15.3. The maximum absolute atomic E-state index is 12.7. The molecule has 0 aliphatic carbocycles. The van der Waals surface area contributed by atoms with Crippen LogP contribution in [-0.2, 0) is 7.05 Å². The van der Waals surface area contributed by atoms with Crippen LogP contribution >= 0.6 is 0 Å². The molecule has 138 valence electrons. The fourth-order valence-electron chi connectivity index (χ4n) is 3.70. The van der Waals surface area contributed by atoms with Crippen LogP contribution in [0, 0.1) is 5.92 Å². The standard InChI is InChI=1S/C21H23N5O/c1-26-14-24-13-20(26)19-12-23-10-18(19)11-25-21(27)17-7-16(8-22-9-17)15-5-3-2-4-6-15/h2-9,13-14,18-19,23H,10-12H2,1H3,(H,25,27)/t18-,19+/m0/s1. The second-order valence-electron chi connectivity index (χ2n) is 6.99. The van der Waals surface area contributed by atoms with E-state index in [2.05, 4.69) is 25.2 Å². The Morgan fingerprint density at radius 2 is 2.00 bits per heavy atom. The Kier molecular flexibility index (Phi) is 4.98. The molecule has 0 bridgehead atoms. The Hall–Kier alpha value is -2.99. The quantitative estimate of drug-likeness (QED) is 0.731. The smallest absolute Gasteiger partial charge is 0.252 e. The van der Waals surface area contributed by atoms with Crippen molar-refractivity contribution in [2.24, 2.45) is 13.0 Å². The molecule has 3 heterocycles. The molecule has 0 saturated carbocycles. The van der Waals surface area contributed by atoms with Crippen molar-refractivity contribution in [2.75, 3.05) is 19.6 Å². The molecule has 6 heteroatoms. The molecular weight excluding hydrogens is 338 g/mol. The van der Waals surface area contributed by atoms with Crippen molar-refractivity contribution < 1.29 is 4.79 Å². The lowest BCUT2D eigenvalue weighted by atomic mass is 9.93. The van der Waals surface area contributed by atoms with Gasteiger partial charge >= 0.3 is 0 Å². The van der Waals surface area contributed by atoms with Gasteiger partial charge in [-0.05, 0) is 17.5 Å². The molecule has 1 aliphatic rings. The number of benzene rings is 1. The van der Waals surface area contributed by atoms with Crippen LogP contribution in [0.5, 0.6) is 0 Å². The molecule has 2 atom stereocenters. The second kappa shape index (κ2) is 7.72. The summed E-state index contributed by atoms with van der Waals surface area (Å²) in [5, 5.41) is 6.51. The van der Waals surface area contributed by atoms with Gasteiger partial charge in [0.1, 0.15) is 0 Å². The van der Waals surface area contributed by atoms with Crippen molar-refractivity contribution in [3.05, 3.63) is 72.6 Å². The molecule has 3 aromatic rings. The van der Waals surface area contributed by atoms with Gasteiger partial charge in [-0.2, -0.15) is 0 Å². The summed E-state index contributed by atoms with van der Waals surface area (Å²) in [5.74, 6) is 0.608. The highest BCUT2D eigenvalue weighted by Crippen LogP contribution is 2.27. The topological polar surface area (TPSA) is 71.8 Å². The number of rotatable bonds is 5. The average Bonchev–Trinajstić information content (AvgIpc) is 3.35. The number of hydrogen-bond donors (Lipinski definition) is 2. The summed E-state index contributed by atoms with van der Waals surface area (Å²) in [5.41, 5.74) is 3.78. The van der Waals surface area contributed by atoms with Crippen LogP contribution in [0.25, 0.3) is 11.1 Å². The Balaban J connectivity index is 1.43. The molecule has 1 saturated heterocycles. The number of pyridine rings is 1. The van der Waals surface area contributed by atoms with E-state index in [0.717, 1.165) is 24.2 Å². The van der Waals surface area contributed by atoms with E-state index in [1.807, 2.05) is 56.0 Å². The lowest BCUT2D eigenvalue weighted by Crippen LogP contribution is -2.32. The minimum atomic E-state index is -0.0871. The first-order valence-corrected chi connectivity index (χ1v) is 9.18. The van der Waals surface area contributed by atoms with Crippen LogP contribution in [-0.4, -0.2) is 40.1 Å². The van der Waals surface area contributed by atoms with Gasteiger partial charge in [0.2, 0.25) is 0 Å². The summed E-state index contributed by atoms with van der Waals surface area (Å²) >= 11 is 0. The normalized spacial score (nSPS) is 19.1. The summed E-state index contributed by atoms with van der Waals surface area (Å²) in [7, 11) is 2.01. The number of aryl methyl sites for hydroxylation is 1. The monoisotopic (exact) mass is 361 g/mol.